The molecule has 2 N–H and O–H groups in total. The van der Waals surface area contributed by atoms with Gasteiger partial charge in [0.25, 0.3) is 0 Å². The van der Waals surface area contributed by atoms with Crippen LogP contribution in [-0.2, 0) is 15.1 Å². The molecule has 0 saturated carbocycles. The standard InChI is InChI=1S/C10H14N2O2/c1-7-5-4-6-8(12-7)10(2,11)9(13)14-3/h4-6H,11H2,1-3H3/t10-/m0/s1. The van der Waals surface area contributed by atoms with Crippen molar-refractivity contribution in [1.29, 1.82) is 0 Å². The van der Waals surface area contributed by atoms with E-state index in [0.717, 1.165) is 5.69 Å². The van der Waals surface area contributed by atoms with E-state index in [9.17, 15) is 4.79 Å². The lowest BCUT2D eigenvalue weighted by molar-refractivity contribution is -0.146. The van der Waals surface area contributed by atoms with Crippen LogP contribution in [0.1, 0.15) is 18.3 Å². The van der Waals surface area contributed by atoms with Crippen LogP contribution >= 0.6 is 0 Å². The van der Waals surface area contributed by atoms with Crippen LogP contribution in [0.3, 0.4) is 0 Å². The molecule has 0 bridgehead atoms. The van der Waals surface area contributed by atoms with Crippen molar-refractivity contribution in [3.05, 3.63) is 29.6 Å². The summed E-state index contributed by atoms with van der Waals surface area (Å²) in [6, 6.07) is 5.37. The van der Waals surface area contributed by atoms with Crippen LogP contribution in [0.2, 0.25) is 0 Å². The van der Waals surface area contributed by atoms with Gasteiger partial charge in [0.1, 0.15) is 0 Å². The van der Waals surface area contributed by atoms with E-state index in [2.05, 4.69) is 9.72 Å². The van der Waals surface area contributed by atoms with E-state index in [0.29, 0.717) is 5.69 Å². The second-order valence-corrected chi connectivity index (χ2v) is 3.36. The number of aromatic nitrogens is 1. The number of rotatable bonds is 2. The molecule has 1 aromatic rings. The quantitative estimate of drug-likeness (QED) is 0.705. The summed E-state index contributed by atoms with van der Waals surface area (Å²) in [5.41, 5.74) is 5.98. The summed E-state index contributed by atoms with van der Waals surface area (Å²) < 4.78 is 4.61. The number of carbonyl (C=O) groups is 1. The van der Waals surface area contributed by atoms with Gasteiger partial charge in [0.2, 0.25) is 0 Å². The Morgan fingerprint density at radius 2 is 2.21 bits per heavy atom. The molecule has 76 valence electrons. The summed E-state index contributed by atoms with van der Waals surface area (Å²) in [4.78, 5) is 15.5. The first-order valence-corrected chi connectivity index (χ1v) is 4.30. The molecule has 0 aliphatic rings. The van der Waals surface area contributed by atoms with E-state index in [1.54, 1.807) is 13.0 Å². The highest BCUT2D eigenvalue weighted by atomic mass is 16.5. The minimum absolute atomic E-state index is 0.490. The van der Waals surface area contributed by atoms with Crippen LogP contribution < -0.4 is 5.73 Å². The maximum atomic E-state index is 11.4. The Morgan fingerprint density at radius 1 is 1.57 bits per heavy atom. The van der Waals surface area contributed by atoms with Gasteiger partial charge in [0.05, 0.1) is 12.8 Å². The van der Waals surface area contributed by atoms with Gasteiger partial charge in [-0.15, -0.1) is 0 Å². The van der Waals surface area contributed by atoms with Crippen molar-refractivity contribution in [3.8, 4) is 0 Å². The Hall–Kier alpha value is -1.42. The summed E-state index contributed by atoms with van der Waals surface area (Å²) in [5, 5.41) is 0. The zero-order valence-electron chi connectivity index (χ0n) is 8.57. The van der Waals surface area contributed by atoms with Crippen molar-refractivity contribution in [2.24, 2.45) is 5.73 Å². The fourth-order valence-electron chi connectivity index (χ4n) is 1.15. The lowest BCUT2D eigenvalue weighted by Gasteiger charge is -2.20. The van der Waals surface area contributed by atoms with Gasteiger partial charge in [0, 0.05) is 5.69 Å². The molecule has 1 atom stereocenters. The summed E-state index contributed by atoms with van der Waals surface area (Å²) in [6.07, 6.45) is 0. The van der Waals surface area contributed by atoms with Crippen molar-refractivity contribution in [2.45, 2.75) is 19.4 Å². The van der Waals surface area contributed by atoms with Gasteiger partial charge in [-0.1, -0.05) is 6.07 Å². The topological polar surface area (TPSA) is 65.2 Å². The predicted molar refractivity (Wildman–Crippen MR) is 52.5 cm³/mol. The molecular weight excluding hydrogens is 180 g/mol. The van der Waals surface area contributed by atoms with E-state index < -0.39 is 11.5 Å². The molecule has 1 rings (SSSR count). The van der Waals surface area contributed by atoms with Gasteiger partial charge in [-0.2, -0.15) is 0 Å². The number of pyridine rings is 1. The third-order valence-electron chi connectivity index (χ3n) is 2.03. The second-order valence-electron chi connectivity index (χ2n) is 3.36. The number of ether oxygens (including phenoxy) is 1. The molecule has 1 heterocycles. The average Bonchev–Trinajstić information content (AvgIpc) is 2.16. The number of methoxy groups -OCH3 is 1. The van der Waals surface area contributed by atoms with E-state index in [4.69, 9.17) is 5.73 Å². The number of nitrogens with two attached hydrogens (primary N) is 1. The fourth-order valence-corrected chi connectivity index (χ4v) is 1.15. The normalized spacial score (nSPS) is 14.6. The molecule has 14 heavy (non-hydrogen) atoms. The minimum Gasteiger partial charge on any atom is -0.467 e. The Bertz CT molecular complexity index is 348. The lowest BCUT2D eigenvalue weighted by Crippen LogP contribution is -2.43. The molecule has 0 radical (unpaired) electrons. The summed E-state index contributed by atoms with van der Waals surface area (Å²) in [7, 11) is 1.31. The highest BCUT2D eigenvalue weighted by Gasteiger charge is 2.33. The lowest BCUT2D eigenvalue weighted by atomic mass is 9.98. The number of esters is 1. The molecule has 1 aromatic heterocycles. The van der Waals surface area contributed by atoms with Crippen LogP contribution in [0.5, 0.6) is 0 Å². The predicted octanol–water partition coefficient (Wildman–Crippen LogP) is 0.737. The van der Waals surface area contributed by atoms with Gasteiger partial charge in [0.15, 0.2) is 5.54 Å². The molecule has 0 aliphatic heterocycles. The van der Waals surface area contributed by atoms with Crippen molar-refractivity contribution in [2.75, 3.05) is 7.11 Å². The van der Waals surface area contributed by atoms with Gasteiger partial charge in [-0.25, -0.2) is 4.79 Å². The van der Waals surface area contributed by atoms with E-state index in [1.165, 1.54) is 7.11 Å². The molecule has 4 heteroatoms. The van der Waals surface area contributed by atoms with Gasteiger partial charge < -0.3 is 10.5 Å². The minimum atomic E-state index is -1.18. The first-order valence-electron chi connectivity index (χ1n) is 4.30. The number of hydrogen-bond acceptors (Lipinski definition) is 4. The molecule has 0 unspecified atom stereocenters. The van der Waals surface area contributed by atoms with Crippen LogP contribution in [0.15, 0.2) is 18.2 Å². The maximum absolute atomic E-state index is 11.4. The number of aryl methyl sites for hydroxylation is 1. The highest BCUT2D eigenvalue weighted by Crippen LogP contribution is 2.16. The number of hydrogen-bond donors (Lipinski definition) is 1. The molecule has 0 aromatic carbocycles. The smallest absolute Gasteiger partial charge is 0.331 e. The molecule has 0 amide bonds. The second kappa shape index (κ2) is 3.75. The summed E-state index contributed by atoms with van der Waals surface area (Å²) in [5.74, 6) is -0.490. The van der Waals surface area contributed by atoms with Crippen LogP contribution in [0.25, 0.3) is 0 Å². The Morgan fingerprint density at radius 3 is 2.71 bits per heavy atom. The van der Waals surface area contributed by atoms with Crippen molar-refractivity contribution >= 4 is 5.97 Å². The first-order chi connectivity index (χ1) is 6.48. The SMILES string of the molecule is COC(=O)[C@@](C)(N)c1cccc(C)n1. The van der Waals surface area contributed by atoms with E-state index in [1.807, 2.05) is 19.1 Å². The first kappa shape index (κ1) is 10.7. The molecule has 0 fully saturated rings. The largest absolute Gasteiger partial charge is 0.467 e. The monoisotopic (exact) mass is 194 g/mol. The van der Waals surface area contributed by atoms with Crippen LogP contribution in [0, 0.1) is 6.92 Å². The van der Waals surface area contributed by atoms with Crippen molar-refractivity contribution in [3.63, 3.8) is 0 Å². The van der Waals surface area contributed by atoms with E-state index >= 15 is 0 Å². The van der Waals surface area contributed by atoms with Crippen LogP contribution in [0.4, 0.5) is 0 Å². The van der Waals surface area contributed by atoms with Crippen molar-refractivity contribution in [1.82, 2.24) is 4.98 Å². The number of nitrogens with zero attached hydrogens (tertiary/aromatic N) is 1. The average molecular weight is 194 g/mol. The maximum Gasteiger partial charge on any atom is 0.331 e. The Labute approximate surface area is 83.1 Å². The molecule has 0 spiro atoms. The third kappa shape index (κ3) is 1.90. The molecular formula is C10H14N2O2. The third-order valence-corrected chi connectivity index (χ3v) is 2.03. The molecule has 0 aliphatic carbocycles. The zero-order valence-corrected chi connectivity index (χ0v) is 8.57. The number of carbonyl (C=O) groups excluding carboxylic acids is 1. The molecule has 0 saturated heterocycles. The van der Waals surface area contributed by atoms with Gasteiger partial charge in [-0.05, 0) is 26.0 Å². The highest BCUT2D eigenvalue weighted by molar-refractivity contribution is 5.81. The zero-order chi connectivity index (χ0) is 10.8. The Kier molecular flexibility index (Phi) is 2.86. The molecule has 4 nitrogen and oxygen atoms in total. The van der Waals surface area contributed by atoms with Gasteiger partial charge >= 0.3 is 5.97 Å². The van der Waals surface area contributed by atoms with Crippen LogP contribution in [-0.4, -0.2) is 18.1 Å². The Balaban J connectivity index is 3.09. The summed E-state index contributed by atoms with van der Waals surface area (Å²) in [6.45, 7) is 3.43. The fraction of sp³-hybridized carbons (Fsp3) is 0.400. The van der Waals surface area contributed by atoms with E-state index in [-0.39, 0.29) is 0 Å². The van der Waals surface area contributed by atoms with Crippen molar-refractivity contribution < 1.29 is 9.53 Å². The summed E-state index contributed by atoms with van der Waals surface area (Å²) >= 11 is 0. The van der Waals surface area contributed by atoms with Gasteiger partial charge in [-0.3, -0.25) is 4.98 Å².